The zero-order valence-electron chi connectivity index (χ0n) is 22.2. The van der Waals surface area contributed by atoms with Gasteiger partial charge in [-0.1, -0.05) is 6.92 Å². The van der Waals surface area contributed by atoms with E-state index in [-0.39, 0.29) is 22.3 Å². The second-order valence-corrected chi connectivity index (χ2v) is 11.3. The van der Waals surface area contributed by atoms with Crippen LogP contribution in [0.2, 0.25) is 0 Å². The van der Waals surface area contributed by atoms with E-state index in [0.717, 1.165) is 19.4 Å². The van der Waals surface area contributed by atoms with Crippen LogP contribution in [-0.4, -0.2) is 90.3 Å². The highest BCUT2D eigenvalue weighted by Gasteiger charge is 2.38. The summed E-state index contributed by atoms with van der Waals surface area (Å²) < 4.78 is 40.8. The van der Waals surface area contributed by atoms with Crippen molar-refractivity contribution in [2.75, 3.05) is 47.0 Å². The van der Waals surface area contributed by atoms with Crippen molar-refractivity contribution in [1.29, 1.82) is 0 Å². The lowest BCUT2D eigenvalue weighted by Gasteiger charge is -2.43. The number of methoxy groups -OCH3 is 1. The topological polar surface area (TPSA) is 122 Å². The smallest absolute Gasteiger partial charge is 0.277 e. The van der Waals surface area contributed by atoms with Gasteiger partial charge in [0.2, 0.25) is 10.0 Å². The van der Waals surface area contributed by atoms with Crippen LogP contribution in [0.4, 0.5) is 0 Å². The summed E-state index contributed by atoms with van der Waals surface area (Å²) in [5, 5.41) is 4.65. The fraction of sp³-hybridized carbons (Fsp3) is 0.560. The summed E-state index contributed by atoms with van der Waals surface area (Å²) in [6, 6.07) is 4.86. The molecule has 12 heteroatoms. The molecule has 1 aromatic carbocycles. The average Bonchev–Trinajstić information content (AvgIpc) is 3.14. The van der Waals surface area contributed by atoms with Crippen LogP contribution in [0, 0.1) is 6.92 Å². The third kappa shape index (κ3) is 5.42. The Hall–Kier alpha value is -2.80. The van der Waals surface area contributed by atoms with Crippen LogP contribution in [0.3, 0.4) is 0 Å². The molecule has 3 aromatic rings. The van der Waals surface area contributed by atoms with Crippen molar-refractivity contribution < 1.29 is 17.9 Å². The quantitative estimate of drug-likeness (QED) is 0.352. The Morgan fingerprint density at radius 2 is 2.00 bits per heavy atom. The summed E-state index contributed by atoms with van der Waals surface area (Å²) in [6.45, 7) is 8.39. The Morgan fingerprint density at radius 1 is 1.24 bits per heavy atom. The highest BCUT2D eigenvalue weighted by atomic mass is 32.2. The first-order chi connectivity index (χ1) is 17.7. The van der Waals surface area contributed by atoms with E-state index in [4.69, 9.17) is 9.47 Å². The zero-order valence-corrected chi connectivity index (χ0v) is 23.0. The number of hydrogen-bond acceptors (Lipinski definition) is 8. The molecule has 1 saturated heterocycles. The zero-order chi connectivity index (χ0) is 26.7. The lowest BCUT2D eigenvalue weighted by Crippen LogP contribution is -2.60. The number of imidazole rings is 1. The molecule has 2 aromatic heterocycles. The van der Waals surface area contributed by atoms with Gasteiger partial charge in [-0.2, -0.15) is 4.31 Å². The first kappa shape index (κ1) is 27.2. The number of H-pyrrole nitrogens is 1. The van der Waals surface area contributed by atoms with E-state index >= 15 is 0 Å². The fourth-order valence-electron chi connectivity index (χ4n) is 4.56. The lowest BCUT2D eigenvalue weighted by atomic mass is 10.1. The predicted octanol–water partition coefficient (Wildman–Crippen LogP) is 2.09. The Balaban J connectivity index is 1.67. The number of nitrogens with zero attached hydrogens (tertiary/aromatic N) is 5. The van der Waals surface area contributed by atoms with E-state index in [1.165, 1.54) is 10.4 Å². The minimum absolute atomic E-state index is 0.129. The molecule has 11 nitrogen and oxygen atoms in total. The summed E-state index contributed by atoms with van der Waals surface area (Å²) in [4.78, 5) is 22.6. The number of aromatic amines is 1. The van der Waals surface area contributed by atoms with Gasteiger partial charge in [-0.15, -0.1) is 5.10 Å². The summed E-state index contributed by atoms with van der Waals surface area (Å²) in [5.74, 6) is 1.36. The summed E-state index contributed by atoms with van der Waals surface area (Å²) in [6.07, 6.45) is 2.40. The Labute approximate surface area is 217 Å². The summed E-state index contributed by atoms with van der Waals surface area (Å²) in [5.41, 5.74) is 1.06. The van der Waals surface area contributed by atoms with Gasteiger partial charge >= 0.3 is 0 Å². The van der Waals surface area contributed by atoms with E-state index in [0.29, 0.717) is 61.1 Å². The molecule has 0 radical (unpaired) electrons. The van der Waals surface area contributed by atoms with Gasteiger partial charge in [0.15, 0.2) is 11.3 Å². The van der Waals surface area contributed by atoms with Crippen molar-refractivity contribution in [3.63, 3.8) is 0 Å². The minimum Gasteiger partial charge on any atom is -0.493 e. The molecule has 0 saturated carbocycles. The second kappa shape index (κ2) is 11.3. The third-order valence-corrected chi connectivity index (χ3v) is 8.50. The molecule has 0 unspecified atom stereocenters. The monoisotopic (exact) mass is 532 g/mol. The van der Waals surface area contributed by atoms with Gasteiger partial charge < -0.3 is 19.4 Å². The van der Waals surface area contributed by atoms with Gasteiger partial charge in [-0.05, 0) is 51.9 Å². The summed E-state index contributed by atoms with van der Waals surface area (Å²) >= 11 is 0. The van der Waals surface area contributed by atoms with Crippen molar-refractivity contribution >= 4 is 15.5 Å². The SMILES string of the molecule is CCCc1nc(C)c2c(=O)[nH]c(-c3cc(S(=O)(=O)N4CC(N(C)CCCOC)C4)ccc3OCC)nn12. The molecule has 1 aliphatic heterocycles. The number of ether oxygens (including phenoxy) is 2. The number of nitrogens with one attached hydrogen (secondary N) is 1. The first-order valence-electron chi connectivity index (χ1n) is 12.7. The van der Waals surface area contributed by atoms with Crippen molar-refractivity contribution in [2.24, 2.45) is 0 Å². The van der Waals surface area contributed by atoms with E-state index in [1.807, 2.05) is 20.9 Å². The second-order valence-electron chi connectivity index (χ2n) is 9.32. The number of aromatic nitrogens is 4. The molecule has 4 rings (SSSR count). The number of benzene rings is 1. The van der Waals surface area contributed by atoms with E-state index < -0.39 is 10.0 Å². The number of sulfonamides is 1. The van der Waals surface area contributed by atoms with Crippen LogP contribution in [0.5, 0.6) is 5.75 Å². The molecule has 0 atom stereocenters. The lowest BCUT2D eigenvalue weighted by molar-refractivity contribution is 0.0986. The van der Waals surface area contributed by atoms with Gasteiger partial charge in [-0.3, -0.25) is 4.79 Å². The van der Waals surface area contributed by atoms with Crippen LogP contribution in [0.25, 0.3) is 16.9 Å². The van der Waals surface area contributed by atoms with E-state index in [2.05, 4.69) is 20.0 Å². The third-order valence-electron chi connectivity index (χ3n) is 6.67. The number of hydrogen-bond donors (Lipinski definition) is 1. The van der Waals surface area contributed by atoms with Crippen LogP contribution >= 0.6 is 0 Å². The molecule has 0 spiro atoms. The molecule has 1 fully saturated rings. The Kier molecular flexibility index (Phi) is 8.32. The minimum atomic E-state index is -3.73. The number of likely N-dealkylation sites (N-methyl/N-ethyl adjacent to an activating group) is 1. The maximum absolute atomic E-state index is 13.5. The fourth-order valence-corrected chi connectivity index (χ4v) is 6.10. The normalized spacial score (nSPS) is 15.0. The van der Waals surface area contributed by atoms with Gasteiger partial charge in [-0.25, -0.2) is 17.9 Å². The van der Waals surface area contributed by atoms with Gasteiger partial charge in [0.25, 0.3) is 5.56 Å². The van der Waals surface area contributed by atoms with Gasteiger partial charge in [0.1, 0.15) is 11.6 Å². The van der Waals surface area contributed by atoms with Crippen molar-refractivity contribution in [1.82, 2.24) is 28.8 Å². The number of fused-ring (bicyclic) bond motifs is 1. The molecule has 1 N–H and O–H groups in total. The van der Waals surface area contributed by atoms with Crippen molar-refractivity contribution in [3.8, 4) is 17.1 Å². The van der Waals surface area contributed by atoms with Crippen molar-refractivity contribution in [3.05, 3.63) is 40.1 Å². The molecule has 202 valence electrons. The van der Waals surface area contributed by atoms with Gasteiger partial charge in [0, 0.05) is 45.8 Å². The molecular weight excluding hydrogens is 496 g/mol. The Morgan fingerprint density at radius 3 is 2.68 bits per heavy atom. The van der Waals surface area contributed by atoms with Crippen LogP contribution in [-0.2, 0) is 21.2 Å². The van der Waals surface area contributed by atoms with Crippen LogP contribution in [0.15, 0.2) is 27.9 Å². The molecule has 0 bridgehead atoms. The van der Waals surface area contributed by atoms with Crippen LogP contribution < -0.4 is 10.3 Å². The molecular formula is C25H36N6O5S. The van der Waals surface area contributed by atoms with Crippen molar-refractivity contribution in [2.45, 2.75) is 51.0 Å². The standard InChI is InChI=1S/C25H36N6O5S/c1-6-9-22-26-17(3)23-25(32)27-24(28-31(22)23)20-14-19(10-11-21(20)36-7-2)37(33,34)30-15-18(16-30)29(4)12-8-13-35-5/h10-11,14,18H,6-9,12-13,15-16H2,1-5H3,(H,27,28,32). The number of aryl methyl sites for hydroxylation is 2. The van der Waals surface area contributed by atoms with Crippen LogP contribution in [0.1, 0.15) is 38.2 Å². The molecule has 37 heavy (non-hydrogen) atoms. The summed E-state index contributed by atoms with van der Waals surface area (Å²) in [7, 11) is -0.0587. The number of rotatable bonds is 12. The highest BCUT2D eigenvalue weighted by Crippen LogP contribution is 2.33. The highest BCUT2D eigenvalue weighted by molar-refractivity contribution is 7.89. The predicted molar refractivity (Wildman–Crippen MR) is 141 cm³/mol. The molecule has 0 amide bonds. The largest absolute Gasteiger partial charge is 0.493 e. The van der Waals surface area contributed by atoms with E-state index in [9.17, 15) is 13.2 Å². The molecule has 0 aliphatic carbocycles. The molecule has 1 aliphatic rings. The van der Waals surface area contributed by atoms with E-state index in [1.54, 1.807) is 30.7 Å². The first-order valence-corrected chi connectivity index (χ1v) is 14.1. The maximum Gasteiger partial charge on any atom is 0.277 e. The molecule has 3 heterocycles. The average molecular weight is 533 g/mol. The maximum atomic E-state index is 13.5. The van der Waals surface area contributed by atoms with Gasteiger partial charge in [0.05, 0.1) is 22.8 Å². The Bertz CT molecular complexity index is 1410.